The number of nitrogens with zero attached hydrogens (tertiary/aromatic N) is 3. The fourth-order valence-electron chi connectivity index (χ4n) is 2.74. The number of hydrogen-bond acceptors (Lipinski definition) is 5. The molecule has 1 amide bonds. The van der Waals surface area contributed by atoms with Crippen LogP contribution >= 0.6 is 35.3 Å². The van der Waals surface area contributed by atoms with Crippen molar-refractivity contribution in [2.75, 3.05) is 6.54 Å². The lowest BCUT2D eigenvalue weighted by Gasteiger charge is -2.10. The zero-order valence-electron chi connectivity index (χ0n) is 14.2. The van der Waals surface area contributed by atoms with Crippen LogP contribution in [0.15, 0.2) is 71.6 Å². The van der Waals surface area contributed by atoms with Gasteiger partial charge in [0.1, 0.15) is 10.0 Å². The van der Waals surface area contributed by atoms with E-state index < -0.39 is 0 Å². The molecular formula is C20H15N3OS3. The summed E-state index contributed by atoms with van der Waals surface area (Å²) in [5.41, 5.74) is 2.71. The summed E-state index contributed by atoms with van der Waals surface area (Å²) in [6, 6.07) is 13.9. The highest BCUT2D eigenvalue weighted by Gasteiger charge is 2.31. The molecule has 0 spiro atoms. The molecule has 1 aliphatic heterocycles. The van der Waals surface area contributed by atoms with Crippen molar-refractivity contribution >= 4 is 51.6 Å². The Bertz CT molecular complexity index is 1040. The smallest absolute Gasteiger partial charge is 0.266 e. The number of thiocarbonyl (C=S) groups is 1. The van der Waals surface area contributed by atoms with E-state index in [-0.39, 0.29) is 5.91 Å². The minimum absolute atomic E-state index is 0.0884. The van der Waals surface area contributed by atoms with Gasteiger partial charge in [0.15, 0.2) is 0 Å². The maximum Gasteiger partial charge on any atom is 0.266 e. The minimum Gasteiger partial charge on any atom is -0.289 e. The number of aromatic nitrogens is 2. The summed E-state index contributed by atoms with van der Waals surface area (Å²) in [4.78, 5) is 15.9. The Morgan fingerprint density at radius 1 is 1.19 bits per heavy atom. The highest BCUT2D eigenvalue weighted by atomic mass is 32.2. The van der Waals surface area contributed by atoms with Crippen molar-refractivity contribution in [2.24, 2.45) is 0 Å². The lowest BCUT2D eigenvalue weighted by molar-refractivity contribution is -0.121. The van der Waals surface area contributed by atoms with Gasteiger partial charge >= 0.3 is 0 Å². The van der Waals surface area contributed by atoms with Gasteiger partial charge in [0.2, 0.25) is 0 Å². The highest BCUT2D eigenvalue weighted by molar-refractivity contribution is 8.26. The molecule has 0 radical (unpaired) electrons. The van der Waals surface area contributed by atoms with Crippen molar-refractivity contribution in [1.82, 2.24) is 14.7 Å². The van der Waals surface area contributed by atoms with Crippen molar-refractivity contribution in [1.29, 1.82) is 0 Å². The van der Waals surface area contributed by atoms with Gasteiger partial charge in [0.05, 0.1) is 15.5 Å². The molecule has 0 aliphatic carbocycles. The maximum atomic E-state index is 12.7. The summed E-state index contributed by atoms with van der Waals surface area (Å²) in [6.45, 7) is 4.11. The van der Waals surface area contributed by atoms with Crippen LogP contribution in [0.2, 0.25) is 0 Å². The predicted octanol–water partition coefficient (Wildman–Crippen LogP) is 4.99. The third kappa shape index (κ3) is 3.53. The number of para-hydroxylation sites is 1. The molecule has 3 heterocycles. The van der Waals surface area contributed by atoms with Crippen LogP contribution in [0.4, 0.5) is 0 Å². The van der Waals surface area contributed by atoms with Crippen molar-refractivity contribution in [2.45, 2.75) is 0 Å². The van der Waals surface area contributed by atoms with Gasteiger partial charge in [-0.1, -0.05) is 54.3 Å². The van der Waals surface area contributed by atoms with Crippen molar-refractivity contribution in [3.8, 4) is 16.3 Å². The van der Waals surface area contributed by atoms with E-state index in [2.05, 4.69) is 6.58 Å². The second-order valence-corrected chi connectivity index (χ2v) is 8.39. The molecule has 1 fully saturated rings. The molecule has 1 saturated heterocycles. The molecule has 0 bridgehead atoms. The topological polar surface area (TPSA) is 38.1 Å². The van der Waals surface area contributed by atoms with Crippen LogP contribution in [-0.2, 0) is 4.79 Å². The zero-order valence-corrected chi connectivity index (χ0v) is 16.7. The Hall–Kier alpha value is -2.48. The van der Waals surface area contributed by atoms with Gasteiger partial charge in [0.25, 0.3) is 5.91 Å². The summed E-state index contributed by atoms with van der Waals surface area (Å²) < 4.78 is 2.39. The molecule has 7 heteroatoms. The molecule has 1 aliphatic rings. The van der Waals surface area contributed by atoms with Crippen LogP contribution in [0.25, 0.3) is 22.3 Å². The van der Waals surface area contributed by atoms with Gasteiger partial charge in [-0.3, -0.25) is 9.69 Å². The van der Waals surface area contributed by atoms with Crippen molar-refractivity contribution in [3.63, 3.8) is 0 Å². The van der Waals surface area contributed by atoms with Crippen LogP contribution in [0.1, 0.15) is 5.56 Å². The Labute approximate surface area is 170 Å². The van der Waals surface area contributed by atoms with E-state index in [9.17, 15) is 4.79 Å². The number of rotatable bonds is 5. The molecule has 3 aromatic rings. The molecule has 4 rings (SSSR count). The molecule has 0 N–H and O–H groups in total. The number of thiophene rings is 1. The van der Waals surface area contributed by atoms with E-state index in [1.165, 1.54) is 11.8 Å². The zero-order chi connectivity index (χ0) is 18.8. The highest BCUT2D eigenvalue weighted by Crippen LogP contribution is 2.35. The van der Waals surface area contributed by atoms with Crippen LogP contribution < -0.4 is 0 Å². The lowest BCUT2D eigenvalue weighted by Crippen LogP contribution is -2.27. The molecule has 0 atom stereocenters. The quantitative estimate of drug-likeness (QED) is 0.338. The summed E-state index contributed by atoms with van der Waals surface area (Å²) in [7, 11) is 0. The van der Waals surface area contributed by atoms with Gasteiger partial charge in [-0.25, -0.2) is 4.68 Å². The molecule has 0 unspecified atom stereocenters. The van der Waals surface area contributed by atoms with Crippen LogP contribution in [0, 0.1) is 0 Å². The first kappa shape index (κ1) is 17.9. The van der Waals surface area contributed by atoms with E-state index in [4.69, 9.17) is 17.3 Å². The number of hydrogen-bond donors (Lipinski definition) is 0. The first-order valence-electron chi connectivity index (χ1n) is 8.22. The average Bonchev–Trinajstić information content (AvgIpc) is 3.40. The van der Waals surface area contributed by atoms with E-state index in [1.54, 1.807) is 22.3 Å². The Morgan fingerprint density at radius 2 is 2.00 bits per heavy atom. The summed E-state index contributed by atoms with van der Waals surface area (Å²) in [5, 5.41) is 6.78. The first-order chi connectivity index (χ1) is 13.2. The molecule has 2 aromatic heterocycles. The van der Waals surface area contributed by atoms with E-state index in [1.807, 2.05) is 64.8 Å². The Kier molecular flexibility index (Phi) is 5.07. The maximum absolute atomic E-state index is 12.7. The van der Waals surface area contributed by atoms with E-state index >= 15 is 0 Å². The number of thioether (sulfide) groups is 1. The van der Waals surface area contributed by atoms with Crippen LogP contribution in [0.5, 0.6) is 0 Å². The lowest BCUT2D eigenvalue weighted by atomic mass is 10.2. The molecule has 4 nitrogen and oxygen atoms in total. The molecule has 1 aromatic carbocycles. The third-order valence-electron chi connectivity index (χ3n) is 3.99. The standard InChI is InChI=1S/C20H15N3OS3/c1-2-10-22-19(24)17(27-20(22)25)12-14-13-23(15-7-4-3-5-8-15)21-18(14)16-9-6-11-26-16/h2-9,11-13H,1,10H2. The number of amides is 1. The summed E-state index contributed by atoms with van der Waals surface area (Å²) >= 11 is 8.27. The number of carbonyl (C=O) groups excluding carboxylic acids is 1. The predicted molar refractivity (Wildman–Crippen MR) is 117 cm³/mol. The van der Waals surface area contributed by atoms with E-state index in [0.717, 1.165) is 21.8 Å². The minimum atomic E-state index is -0.0884. The van der Waals surface area contributed by atoms with Crippen LogP contribution in [0.3, 0.4) is 0 Å². The normalized spacial score (nSPS) is 15.7. The monoisotopic (exact) mass is 409 g/mol. The first-order valence-corrected chi connectivity index (χ1v) is 10.3. The van der Waals surface area contributed by atoms with Crippen LogP contribution in [-0.4, -0.2) is 31.5 Å². The number of carbonyl (C=O) groups is 1. The second-order valence-electron chi connectivity index (χ2n) is 5.77. The summed E-state index contributed by atoms with van der Waals surface area (Å²) in [6.07, 6.45) is 5.51. The fraction of sp³-hybridized carbons (Fsp3) is 0.0500. The fourth-order valence-corrected chi connectivity index (χ4v) is 4.74. The molecule has 134 valence electrons. The van der Waals surface area contributed by atoms with Gasteiger partial charge in [-0.05, 0) is 29.7 Å². The Balaban J connectivity index is 1.78. The van der Waals surface area contributed by atoms with Crippen molar-refractivity contribution < 1.29 is 4.79 Å². The van der Waals surface area contributed by atoms with Gasteiger partial charge < -0.3 is 0 Å². The largest absolute Gasteiger partial charge is 0.289 e. The average molecular weight is 410 g/mol. The molecule has 27 heavy (non-hydrogen) atoms. The van der Waals surface area contributed by atoms with Gasteiger partial charge in [-0.15, -0.1) is 17.9 Å². The molecular weight excluding hydrogens is 394 g/mol. The summed E-state index contributed by atoms with van der Waals surface area (Å²) in [5.74, 6) is -0.0884. The SMILES string of the molecule is C=CCN1C(=O)C(=Cc2cn(-c3ccccc3)nc2-c2cccs2)SC1=S. The van der Waals surface area contributed by atoms with Gasteiger partial charge in [-0.2, -0.15) is 5.10 Å². The van der Waals surface area contributed by atoms with E-state index in [0.29, 0.717) is 15.8 Å². The molecule has 0 saturated carbocycles. The number of benzene rings is 1. The second kappa shape index (κ2) is 7.64. The van der Waals surface area contributed by atoms with Gasteiger partial charge in [0, 0.05) is 18.3 Å². The third-order valence-corrected chi connectivity index (χ3v) is 6.24. The van der Waals surface area contributed by atoms with Crippen molar-refractivity contribution in [3.05, 3.63) is 77.2 Å². The Morgan fingerprint density at radius 3 is 2.70 bits per heavy atom.